The molecule has 0 rings (SSSR count). The third-order valence-electron chi connectivity index (χ3n) is 0.0589. The molecule has 0 heterocycles. The monoisotopic (exact) mass is 66.0 g/mol. The van der Waals surface area contributed by atoms with Crippen LogP contribution in [0, 0.1) is 0 Å². The molecule has 2 N–H and O–H groups in total. The molecular weight excluding hydrogens is 63.0 g/mol. The molecule has 1 amide bonds. The van der Waals surface area contributed by atoms with E-state index in [0.717, 1.165) is 0 Å². The maximum atomic E-state index is 8.88. The van der Waals surface area contributed by atoms with Gasteiger partial charge in [0.05, 0.1) is 0 Å². The minimum absolute atomic E-state index is 0. The largest absolute Gasteiger partial charge is 1.00 e. The molecule has 0 fully saturated rings. The molecule has 3 nitrogen and oxygen atoms in total. The zero-order valence-corrected chi connectivity index (χ0v) is 2.99. The number of carbonyl (C=O) groups is 1. The molecule has 0 aromatic rings. The van der Waals surface area contributed by atoms with Crippen LogP contribution in [-0.2, 0) is 4.79 Å². The summed E-state index contributed by atoms with van der Waals surface area (Å²) in [4.78, 5) is 8.88. The first-order chi connectivity index (χ1) is 1.91. The fraction of sp³-hybridized carbons (Fsp3) is 0. The van der Waals surface area contributed by atoms with Crippen LogP contribution in [0.3, 0.4) is 0 Å². The first-order valence-electron chi connectivity index (χ1n) is 0.774. The van der Waals surface area contributed by atoms with Crippen molar-refractivity contribution in [3.8, 4) is 0 Å². The minimum Gasteiger partial charge on any atom is -0.584 e. The van der Waals surface area contributed by atoms with Gasteiger partial charge >= 0.3 is 18.9 Å². The number of rotatable bonds is 1. The van der Waals surface area contributed by atoms with Crippen molar-refractivity contribution in [1.29, 1.82) is 0 Å². The third-order valence-corrected chi connectivity index (χ3v) is 0.0589. The Hall–Kier alpha value is 0.0274. The summed E-state index contributed by atoms with van der Waals surface area (Å²) < 4.78 is 0. The summed E-state index contributed by atoms with van der Waals surface area (Å²) in [6.45, 7) is 0. The Kier molecular flexibility index (Phi) is 16.0. The van der Waals surface area contributed by atoms with E-state index in [0.29, 0.717) is 6.41 Å². The molecule has 0 bridgehead atoms. The van der Waals surface area contributed by atoms with Gasteiger partial charge in [-0.15, -0.1) is 0 Å². The molecule has 0 spiro atoms. The number of hydrogen-bond acceptors (Lipinski definition) is 1. The van der Waals surface area contributed by atoms with Gasteiger partial charge in [0.25, 0.3) is 0 Å². The maximum Gasteiger partial charge on any atom is 1.00 e. The van der Waals surface area contributed by atoms with Gasteiger partial charge < -0.3 is 11.3 Å². The van der Waals surface area contributed by atoms with Crippen LogP contribution in [0.1, 0.15) is 0 Å². The molecule has 0 saturated heterocycles. The Morgan fingerprint density at radius 3 is 2.00 bits per heavy atom. The molecule has 5 heavy (non-hydrogen) atoms. The normalized spacial score (nSPS) is 4.20. The van der Waals surface area contributed by atoms with Crippen molar-refractivity contribution < 1.29 is 23.7 Å². The zero-order valence-electron chi connectivity index (χ0n) is 2.99. The average Bonchev–Trinajstić information content (AvgIpc) is 1.37. The molecule has 0 atom stereocenters. The van der Waals surface area contributed by atoms with E-state index in [4.69, 9.17) is 10.6 Å². The number of carbonyl (C=O) groups excluding carboxylic acids is 1. The van der Waals surface area contributed by atoms with Gasteiger partial charge in [0.15, 0.2) is 6.41 Å². The van der Waals surface area contributed by atoms with Crippen LogP contribution >= 0.6 is 0 Å². The van der Waals surface area contributed by atoms with Gasteiger partial charge in [0, 0.05) is 0 Å². The SMILES string of the molecule is [Li+].[NH-]NC=O. The van der Waals surface area contributed by atoms with Crippen LogP contribution in [-0.4, -0.2) is 6.41 Å². The Morgan fingerprint density at radius 2 is 2.00 bits per heavy atom. The Morgan fingerprint density at radius 1 is 1.80 bits per heavy atom. The standard InChI is InChI=1S/CH3N2O.Li/c2-3-1-4;/h1-2H,(H,3,4);/q-1;+1. The Balaban J connectivity index is 0. The molecular formula is CH3LiN2O. The second-order valence-electron chi connectivity index (χ2n) is 0.262. The zero-order chi connectivity index (χ0) is 3.41. The summed E-state index contributed by atoms with van der Waals surface area (Å²) in [6, 6.07) is 0. The van der Waals surface area contributed by atoms with Crippen molar-refractivity contribution in [2.45, 2.75) is 0 Å². The topological polar surface area (TPSA) is 52.9 Å². The molecule has 0 radical (unpaired) electrons. The van der Waals surface area contributed by atoms with E-state index >= 15 is 0 Å². The van der Waals surface area contributed by atoms with Gasteiger partial charge in [-0.1, -0.05) is 0 Å². The summed E-state index contributed by atoms with van der Waals surface area (Å²) in [5, 5.41) is 0. The fourth-order valence-electron chi connectivity index (χ4n) is 0. The molecule has 0 saturated carbocycles. The van der Waals surface area contributed by atoms with Crippen molar-refractivity contribution >= 4 is 6.41 Å². The summed E-state index contributed by atoms with van der Waals surface area (Å²) >= 11 is 0. The Labute approximate surface area is 42.1 Å². The van der Waals surface area contributed by atoms with Crippen LogP contribution in [0.15, 0.2) is 0 Å². The number of nitrogens with one attached hydrogen (secondary N) is 2. The summed E-state index contributed by atoms with van der Waals surface area (Å²) in [7, 11) is 0. The van der Waals surface area contributed by atoms with E-state index in [1.807, 2.05) is 0 Å². The van der Waals surface area contributed by atoms with E-state index in [9.17, 15) is 0 Å². The predicted molar refractivity (Wildman–Crippen MR) is 13.5 cm³/mol. The van der Waals surface area contributed by atoms with Crippen LogP contribution < -0.4 is 24.3 Å². The number of hydrogen-bond donors (Lipinski definition) is 1. The molecule has 24 valence electrons. The van der Waals surface area contributed by atoms with Crippen molar-refractivity contribution in [2.24, 2.45) is 0 Å². The Bertz CT molecular complexity index is 23.6. The summed E-state index contributed by atoms with van der Waals surface area (Å²) in [5.41, 5.74) is 1.50. The quantitative estimate of drug-likeness (QED) is 0.194. The first-order valence-corrected chi connectivity index (χ1v) is 0.774. The molecule has 0 aromatic heterocycles. The average molecular weight is 66.0 g/mol. The van der Waals surface area contributed by atoms with Gasteiger partial charge in [0.2, 0.25) is 0 Å². The molecule has 0 aliphatic carbocycles. The van der Waals surface area contributed by atoms with Crippen LogP contribution in [0.5, 0.6) is 0 Å². The maximum absolute atomic E-state index is 8.88. The van der Waals surface area contributed by atoms with Crippen LogP contribution in [0.2, 0.25) is 0 Å². The van der Waals surface area contributed by atoms with E-state index < -0.39 is 0 Å². The second kappa shape index (κ2) is 8.98. The van der Waals surface area contributed by atoms with Crippen molar-refractivity contribution in [2.75, 3.05) is 0 Å². The van der Waals surface area contributed by atoms with Crippen molar-refractivity contribution in [3.05, 3.63) is 5.84 Å². The smallest absolute Gasteiger partial charge is 0.584 e. The van der Waals surface area contributed by atoms with E-state index in [1.54, 1.807) is 0 Å². The minimum atomic E-state index is 0. The van der Waals surface area contributed by atoms with E-state index in [-0.39, 0.29) is 18.9 Å². The summed E-state index contributed by atoms with van der Waals surface area (Å²) in [5.74, 6) is 5.83. The second-order valence-corrected chi connectivity index (χ2v) is 0.262. The molecule has 0 aliphatic heterocycles. The van der Waals surface area contributed by atoms with Crippen LogP contribution in [0.25, 0.3) is 5.84 Å². The molecule has 4 heteroatoms. The van der Waals surface area contributed by atoms with E-state index in [2.05, 4.69) is 0 Å². The molecule has 0 aliphatic rings. The van der Waals surface area contributed by atoms with Gasteiger partial charge in [-0.2, -0.15) is 0 Å². The number of amides is 1. The first kappa shape index (κ1) is 8.90. The van der Waals surface area contributed by atoms with Gasteiger partial charge in [-0.3, -0.25) is 4.79 Å². The van der Waals surface area contributed by atoms with Gasteiger partial charge in [-0.05, 0) is 0 Å². The third kappa shape index (κ3) is 15.7. The van der Waals surface area contributed by atoms with E-state index in [1.165, 1.54) is 5.43 Å². The van der Waals surface area contributed by atoms with Crippen molar-refractivity contribution in [3.63, 3.8) is 0 Å². The van der Waals surface area contributed by atoms with Crippen LogP contribution in [0.4, 0.5) is 0 Å². The summed E-state index contributed by atoms with van der Waals surface area (Å²) in [6.07, 6.45) is 0.292. The molecule has 0 aromatic carbocycles. The predicted octanol–water partition coefficient (Wildman–Crippen LogP) is -3.30. The molecule has 0 unspecified atom stereocenters. The van der Waals surface area contributed by atoms with Gasteiger partial charge in [-0.25, -0.2) is 0 Å². The van der Waals surface area contributed by atoms with Crippen molar-refractivity contribution in [1.82, 2.24) is 5.43 Å². The fourth-order valence-corrected chi connectivity index (χ4v) is 0. The van der Waals surface area contributed by atoms with Gasteiger partial charge in [0.1, 0.15) is 0 Å².